The number of hydrogen-bond acceptors (Lipinski definition) is 4. The molecule has 0 amide bonds. The summed E-state index contributed by atoms with van der Waals surface area (Å²) in [7, 11) is 0. The van der Waals surface area contributed by atoms with Crippen LogP contribution in [0, 0.1) is 5.82 Å². The Balaban J connectivity index is 1.74. The van der Waals surface area contributed by atoms with Crippen molar-refractivity contribution in [3.8, 4) is 0 Å². The van der Waals surface area contributed by atoms with E-state index in [4.69, 9.17) is 16.3 Å². The third-order valence-corrected chi connectivity index (χ3v) is 5.56. The van der Waals surface area contributed by atoms with Crippen LogP contribution in [0.2, 0.25) is 5.02 Å². The molecule has 0 saturated carbocycles. The highest BCUT2D eigenvalue weighted by molar-refractivity contribution is 6.30. The predicted molar refractivity (Wildman–Crippen MR) is 107 cm³/mol. The van der Waals surface area contributed by atoms with Crippen LogP contribution in [0.15, 0.2) is 71.1 Å². The van der Waals surface area contributed by atoms with E-state index in [1.54, 1.807) is 19.1 Å². The summed E-state index contributed by atoms with van der Waals surface area (Å²) in [5, 5.41) is 3.10. The van der Waals surface area contributed by atoms with Gasteiger partial charge >= 0.3 is 5.97 Å². The Morgan fingerprint density at radius 1 is 1.17 bits per heavy atom. The van der Waals surface area contributed by atoms with Gasteiger partial charge in [-0.15, -0.1) is 0 Å². The molecule has 0 aromatic heterocycles. The second kappa shape index (κ2) is 7.84. The largest absolute Gasteiger partial charge is 0.457 e. The van der Waals surface area contributed by atoms with Gasteiger partial charge < -0.3 is 10.1 Å². The number of carbonyl (C=O) groups is 2. The van der Waals surface area contributed by atoms with Crippen molar-refractivity contribution in [2.45, 2.75) is 32.3 Å². The number of esters is 1. The molecular weight excluding hydrogens is 393 g/mol. The quantitative estimate of drug-likeness (QED) is 0.734. The average Bonchev–Trinajstić information content (AvgIpc) is 3.08. The van der Waals surface area contributed by atoms with Gasteiger partial charge in [-0.3, -0.25) is 4.79 Å². The molecule has 1 N–H and O–H groups in total. The van der Waals surface area contributed by atoms with Crippen molar-refractivity contribution in [1.29, 1.82) is 0 Å². The number of ether oxygens (including phenoxy) is 1. The molecular formula is C23H19ClFNO3. The minimum atomic E-state index is -0.844. The lowest BCUT2D eigenvalue weighted by Gasteiger charge is -2.29. The number of benzene rings is 2. The Hall–Kier alpha value is -2.92. The number of ketones is 1. The first-order valence-corrected chi connectivity index (χ1v) is 9.74. The molecule has 1 aliphatic carbocycles. The topological polar surface area (TPSA) is 55.4 Å². The van der Waals surface area contributed by atoms with Gasteiger partial charge in [0, 0.05) is 29.0 Å². The first kappa shape index (κ1) is 19.4. The van der Waals surface area contributed by atoms with Gasteiger partial charge in [-0.05, 0) is 25.0 Å². The van der Waals surface area contributed by atoms with Crippen LogP contribution >= 0.6 is 11.6 Å². The van der Waals surface area contributed by atoms with Crippen molar-refractivity contribution in [2.24, 2.45) is 0 Å². The van der Waals surface area contributed by atoms with Gasteiger partial charge in [0.15, 0.2) is 5.78 Å². The summed E-state index contributed by atoms with van der Waals surface area (Å²) in [6.45, 7) is 1.82. The summed E-state index contributed by atoms with van der Waals surface area (Å²) in [5.41, 5.74) is 2.98. The molecule has 0 spiro atoms. The molecule has 2 aliphatic rings. The standard InChI is InChI=1S/C23H19ClFNO3/c1-13-19(23(28)29-12-14-6-3-2-4-7-14)20(15-8-5-9-16(24)22(15)25)21-17(26-13)10-11-18(21)27/h2-9,20,26H,10-12H2,1H3/t20-/m0/s1. The van der Waals surface area contributed by atoms with E-state index in [1.165, 1.54) is 6.07 Å². The van der Waals surface area contributed by atoms with E-state index in [1.807, 2.05) is 30.3 Å². The Labute approximate surface area is 173 Å². The molecule has 0 unspecified atom stereocenters. The first-order chi connectivity index (χ1) is 14.0. The summed E-state index contributed by atoms with van der Waals surface area (Å²) >= 11 is 5.99. The monoisotopic (exact) mass is 411 g/mol. The van der Waals surface area contributed by atoms with Crippen molar-refractivity contribution in [1.82, 2.24) is 5.32 Å². The lowest BCUT2D eigenvalue weighted by Crippen LogP contribution is -2.30. The van der Waals surface area contributed by atoms with Crippen molar-refractivity contribution >= 4 is 23.4 Å². The Kier molecular flexibility index (Phi) is 5.24. The van der Waals surface area contributed by atoms with Gasteiger partial charge in [-0.2, -0.15) is 0 Å². The van der Waals surface area contributed by atoms with E-state index in [0.717, 1.165) is 11.3 Å². The van der Waals surface area contributed by atoms with E-state index in [0.29, 0.717) is 24.1 Å². The number of Topliss-reactive ketones (excluding diaryl/α,β-unsaturated/α-hetero) is 1. The molecule has 4 nitrogen and oxygen atoms in total. The SMILES string of the molecule is CC1=C(C(=O)OCc2ccccc2)[C@H](c2cccc(Cl)c2F)C2=C(CCC2=O)N1. The lowest BCUT2D eigenvalue weighted by atomic mass is 9.80. The van der Waals surface area contributed by atoms with Gasteiger partial charge in [0.2, 0.25) is 0 Å². The van der Waals surface area contributed by atoms with Gasteiger partial charge in [0.1, 0.15) is 12.4 Å². The number of nitrogens with one attached hydrogen (secondary N) is 1. The highest BCUT2D eigenvalue weighted by atomic mass is 35.5. The third-order valence-electron chi connectivity index (χ3n) is 5.27. The van der Waals surface area contributed by atoms with Crippen LogP contribution in [-0.2, 0) is 20.9 Å². The van der Waals surface area contributed by atoms with E-state index < -0.39 is 17.7 Å². The number of allylic oxidation sites excluding steroid dienone is 3. The summed E-state index contributed by atoms with van der Waals surface area (Å²) in [6.07, 6.45) is 0.868. The van der Waals surface area contributed by atoms with Crippen molar-refractivity contribution in [2.75, 3.05) is 0 Å². The second-order valence-corrected chi connectivity index (χ2v) is 7.52. The summed E-state index contributed by atoms with van der Waals surface area (Å²) in [5.74, 6) is -2.16. The number of hydrogen-bond donors (Lipinski definition) is 1. The molecule has 0 bridgehead atoms. The predicted octanol–water partition coefficient (Wildman–Crippen LogP) is 4.80. The van der Waals surface area contributed by atoms with Gasteiger partial charge in [0.25, 0.3) is 0 Å². The zero-order valence-corrected chi connectivity index (χ0v) is 16.6. The molecule has 29 heavy (non-hydrogen) atoms. The maximum Gasteiger partial charge on any atom is 0.337 e. The van der Waals surface area contributed by atoms with E-state index in [9.17, 15) is 14.0 Å². The first-order valence-electron chi connectivity index (χ1n) is 9.36. The maximum atomic E-state index is 14.9. The summed E-state index contributed by atoms with van der Waals surface area (Å²) in [6, 6.07) is 13.9. The normalized spacial score (nSPS) is 18.6. The number of dihydropyridines is 1. The van der Waals surface area contributed by atoms with Crippen LogP contribution in [0.5, 0.6) is 0 Å². The van der Waals surface area contributed by atoms with Crippen LogP contribution in [-0.4, -0.2) is 11.8 Å². The molecule has 1 aliphatic heterocycles. The second-order valence-electron chi connectivity index (χ2n) is 7.12. The molecule has 0 fully saturated rings. The lowest BCUT2D eigenvalue weighted by molar-refractivity contribution is -0.140. The molecule has 1 atom stereocenters. The maximum absolute atomic E-state index is 14.9. The van der Waals surface area contributed by atoms with Gasteiger partial charge in [-0.1, -0.05) is 54.1 Å². The minimum absolute atomic E-state index is 0.0525. The van der Waals surface area contributed by atoms with Crippen molar-refractivity contribution in [3.05, 3.63) is 93.0 Å². The highest BCUT2D eigenvalue weighted by Gasteiger charge is 2.41. The molecule has 2 aromatic rings. The molecule has 4 rings (SSSR count). The number of carbonyl (C=O) groups excluding carboxylic acids is 2. The number of rotatable bonds is 4. The van der Waals surface area contributed by atoms with Crippen LogP contribution < -0.4 is 5.32 Å². The minimum Gasteiger partial charge on any atom is -0.457 e. The number of halogens is 2. The van der Waals surface area contributed by atoms with Crippen molar-refractivity contribution in [3.63, 3.8) is 0 Å². The smallest absolute Gasteiger partial charge is 0.337 e. The highest BCUT2D eigenvalue weighted by Crippen LogP contribution is 2.44. The van der Waals surface area contributed by atoms with Crippen molar-refractivity contribution < 1.29 is 18.7 Å². The molecule has 1 heterocycles. The Morgan fingerprint density at radius 2 is 1.93 bits per heavy atom. The van der Waals surface area contributed by atoms with E-state index >= 15 is 0 Å². The van der Waals surface area contributed by atoms with Crippen LogP contribution in [0.4, 0.5) is 4.39 Å². The molecule has 0 radical (unpaired) electrons. The van der Waals surface area contributed by atoms with Gasteiger partial charge in [-0.25, -0.2) is 9.18 Å². The average molecular weight is 412 g/mol. The fraction of sp³-hybridized carbons (Fsp3) is 0.217. The Morgan fingerprint density at radius 3 is 2.69 bits per heavy atom. The molecule has 2 aromatic carbocycles. The van der Waals surface area contributed by atoms with Gasteiger partial charge in [0.05, 0.1) is 16.5 Å². The zero-order chi connectivity index (χ0) is 20.5. The molecule has 6 heteroatoms. The third kappa shape index (κ3) is 3.58. The van der Waals surface area contributed by atoms with Crippen LogP contribution in [0.25, 0.3) is 0 Å². The van der Waals surface area contributed by atoms with E-state index in [2.05, 4.69) is 5.32 Å². The fourth-order valence-corrected chi connectivity index (χ4v) is 4.10. The fourth-order valence-electron chi connectivity index (χ4n) is 3.92. The zero-order valence-electron chi connectivity index (χ0n) is 15.8. The van der Waals surface area contributed by atoms with Crippen LogP contribution in [0.3, 0.4) is 0 Å². The summed E-state index contributed by atoms with van der Waals surface area (Å²) in [4.78, 5) is 25.7. The van der Waals surface area contributed by atoms with E-state index in [-0.39, 0.29) is 28.5 Å². The molecule has 148 valence electrons. The molecule has 0 saturated heterocycles. The van der Waals surface area contributed by atoms with Crippen LogP contribution in [0.1, 0.15) is 36.8 Å². The Bertz CT molecular complexity index is 1060. The summed E-state index contributed by atoms with van der Waals surface area (Å²) < 4.78 is 20.4.